The van der Waals surface area contributed by atoms with E-state index in [9.17, 15) is 0 Å². The van der Waals surface area contributed by atoms with E-state index in [0.29, 0.717) is 0 Å². The average Bonchev–Trinajstić information content (AvgIpc) is 2.38. The largest absolute Gasteiger partial charge is 0.339 e. The van der Waals surface area contributed by atoms with Crippen LogP contribution in [0, 0.1) is 6.92 Å². The van der Waals surface area contributed by atoms with E-state index in [1.807, 2.05) is 18.0 Å². The van der Waals surface area contributed by atoms with Crippen LogP contribution in [-0.4, -0.2) is 41.1 Å². The van der Waals surface area contributed by atoms with E-state index >= 15 is 0 Å². The van der Waals surface area contributed by atoms with Crippen LogP contribution in [0.1, 0.15) is 18.2 Å². The normalized spacial score (nSPS) is 16.2. The molecule has 0 aromatic carbocycles. The standard InChI is InChI=1S/C12H20N4S/c1-3-13-8-11-9-14-12(15-10(11)2)16-4-6-17-7-5-16/h9,13H,3-8H2,1-2H3. The Balaban J connectivity index is 2.06. The Kier molecular flexibility index (Phi) is 4.62. The first-order valence-electron chi connectivity index (χ1n) is 6.17. The number of hydrogen-bond donors (Lipinski definition) is 1. The van der Waals surface area contributed by atoms with Crippen molar-refractivity contribution in [3.05, 3.63) is 17.5 Å². The molecule has 1 N–H and O–H groups in total. The molecular weight excluding hydrogens is 232 g/mol. The molecule has 0 aliphatic carbocycles. The van der Waals surface area contributed by atoms with Crippen LogP contribution < -0.4 is 10.2 Å². The van der Waals surface area contributed by atoms with Crippen molar-refractivity contribution in [1.29, 1.82) is 0 Å². The van der Waals surface area contributed by atoms with Crippen LogP contribution in [0.3, 0.4) is 0 Å². The van der Waals surface area contributed by atoms with Crippen molar-refractivity contribution in [2.24, 2.45) is 0 Å². The molecule has 2 rings (SSSR count). The molecule has 0 unspecified atom stereocenters. The second kappa shape index (κ2) is 6.21. The fourth-order valence-electron chi connectivity index (χ4n) is 1.83. The van der Waals surface area contributed by atoms with Crippen LogP contribution in [0.2, 0.25) is 0 Å². The first-order chi connectivity index (χ1) is 8.31. The van der Waals surface area contributed by atoms with Gasteiger partial charge in [-0.25, -0.2) is 9.97 Å². The van der Waals surface area contributed by atoms with Crippen LogP contribution >= 0.6 is 11.8 Å². The highest BCUT2D eigenvalue weighted by molar-refractivity contribution is 7.99. The predicted molar refractivity (Wildman–Crippen MR) is 73.7 cm³/mol. The molecule has 4 nitrogen and oxygen atoms in total. The summed E-state index contributed by atoms with van der Waals surface area (Å²) in [5, 5.41) is 3.31. The van der Waals surface area contributed by atoms with E-state index in [1.165, 1.54) is 17.1 Å². The van der Waals surface area contributed by atoms with Crippen molar-refractivity contribution >= 4 is 17.7 Å². The summed E-state index contributed by atoms with van der Waals surface area (Å²) < 4.78 is 0. The SMILES string of the molecule is CCNCc1cnc(N2CCSCC2)nc1C. The lowest BCUT2D eigenvalue weighted by atomic mass is 10.2. The van der Waals surface area contributed by atoms with Gasteiger partial charge in [0.15, 0.2) is 0 Å². The minimum absolute atomic E-state index is 0.860. The Morgan fingerprint density at radius 1 is 1.41 bits per heavy atom. The zero-order valence-electron chi connectivity index (χ0n) is 10.6. The highest BCUT2D eigenvalue weighted by Crippen LogP contribution is 2.16. The molecule has 2 heterocycles. The predicted octanol–water partition coefficient (Wildman–Crippen LogP) is 1.45. The number of thioether (sulfide) groups is 1. The number of aryl methyl sites for hydroxylation is 1. The summed E-state index contributed by atoms with van der Waals surface area (Å²) in [6, 6.07) is 0. The van der Waals surface area contributed by atoms with Gasteiger partial charge in [0, 0.05) is 48.6 Å². The quantitative estimate of drug-likeness (QED) is 0.878. The number of nitrogens with zero attached hydrogens (tertiary/aromatic N) is 3. The van der Waals surface area contributed by atoms with Gasteiger partial charge < -0.3 is 10.2 Å². The van der Waals surface area contributed by atoms with Crippen molar-refractivity contribution in [3.8, 4) is 0 Å². The minimum atomic E-state index is 0.860. The van der Waals surface area contributed by atoms with Crippen molar-refractivity contribution in [3.63, 3.8) is 0 Å². The molecule has 0 atom stereocenters. The van der Waals surface area contributed by atoms with Crippen molar-refractivity contribution < 1.29 is 0 Å². The van der Waals surface area contributed by atoms with E-state index in [2.05, 4.69) is 34.0 Å². The summed E-state index contributed by atoms with van der Waals surface area (Å²) in [6.45, 7) is 8.14. The van der Waals surface area contributed by atoms with Gasteiger partial charge in [0.1, 0.15) is 0 Å². The van der Waals surface area contributed by atoms with Gasteiger partial charge in [0.25, 0.3) is 0 Å². The maximum absolute atomic E-state index is 4.62. The van der Waals surface area contributed by atoms with Gasteiger partial charge in [0.05, 0.1) is 0 Å². The third-order valence-corrected chi connectivity index (χ3v) is 3.87. The zero-order chi connectivity index (χ0) is 12.1. The molecule has 0 radical (unpaired) electrons. The summed E-state index contributed by atoms with van der Waals surface area (Å²) in [5.74, 6) is 3.26. The first kappa shape index (κ1) is 12.6. The maximum atomic E-state index is 4.62. The molecule has 1 fully saturated rings. The van der Waals surface area contributed by atoms with Crippen molar-refractivity contribution in [2.45, 2.75) is 20.4 Å². The minimum Gasteiger partial charge on any atom is -0.339 e. The fourth-order valence-corrected chi connectivity index (χ4v) is 2.73. The first-order valence-corrected chi connectivity index (χ1v) is 7.32. The lowest BCUT2D eigenvalue weighted by Gasteiger charge is -2.26. The van der Waals surface area contributed by atoms with Crippen molar-refractivity contribution in [2.75, 3.05) is 36.0 Å². The number of aromatic nitrogens is 2. The second-order valence-electron chi connectivity index (χ2n) is 4.16. The molecule has 0 spiro atoms. The van der Waals surface area contributed by atoms with Crippen LogP contribution in [0.5, 0.6) is 0 Å². The Hall–Kier alpha value is -0.810. The summed E-state index contributed by atoms with van der Waals surface area (Å²) in [7, 11) is 0. The van der Waals surface area contributed by atoms with Crippen LogP contribution in [0.25, 0.3) is 0 Å². The summed E-state index contributed by atoms with van der Waals surface area (Å²) in [4.78, 5) is 11.4. The molecule has 1 aliphatic rings. The van der Waals surface area contributed by atoms with Gasteiger partial charge in [-0.15, -0.1) is 0 Å². The molecule has 0 saturated carbocycles. The van der Waals surface area contributed by atoms with Gasteiger partial charge >= 0.3 is 0 Å². The zero-order valence-corrected chi connectivity index (χ0v) is 11.4. The number of nitrogens with one attached hydrogen (secondary N) is 1. The number of hydrogen-bond acceptors (Lipinski definition) is 5. The molecule has 17 heavy (non-hydrogen) atoms. The lowest BCUT2D eigenvalue weighted by molar-refractivity contribution is 0.712. The summed E-state index contributed by atoms with van der Waals surface area (Å²) >= 11 is 2.00. The molecule has 0 amide bonds. The van der Waals surface area contributed by atoms with Crippen LogP contribution in [0.15, 0.2) is 6.20 Å². The molecule has 0 bridgehead atoms. The Morgan fingerprint density at radius 2 is 2.18 bits per heavy atom. The van der Waals surface area contributed by atoms with Crippen LogP contribution in [0.4, 0.5) is 5.95 Å². The van der Waals surface area contributed by atoms with E-state index < -0.39 is 0 Å². The monoisotopic (exact) mass is 252 g/mol. The second-order valence-corrected chi connectivity index (χ2v) is 5.39. The number of anilines is 1. The molecule has 1 aliphatic heterocycles. The molecule has 1 aromatic heterocycles. The molecular formula is C12H20N4S. The van der Waals surface area contributed by atoms with Gasteiger partial charge in [-0.3, -0.25) is 0 Å². The van der Waals surface area contributed by atoms with E-state index in [-0.39, 0.29) is 0 Å². The van der Waals surface area contributed by atoms with E-state index in [1.54, 1.807) is 0 Å². The molecule has 1 aromatic rings. The smallest absolute Gasteiger partial charge is 0.225 e. The van der Waals surface area contributed by atoms with Gasteiger partial charge in [-0.05, 0) is 13.5 Å². The van der Waals surface area contributed by atoms with E-state index in [0.717, 1.165) is 37.8 Å². The van der Waals surface area contributed by atoms with Crippen molar-refractivity contribution in [1.82, 2.24) is 15.3 Å². The molecule has 1 saturated heterocycles. The third kappa shape index (κ3) is 3.33. The van der Waals surface area contributed by atoms with Crippen LogP contribution in [-0.2, 0) is 6.54 Å². The highest BCUT2D eigenvalue weighted by atomic mass is 32.2. The Labute approximate surface area is 107 Å². The Bertz CT molecular complexity index is 364. The summed E-state index contributed by atoms with van der Waals surface area (Å²) in [6.07, 6.45) is 1.96. The lowest BCUT2D eigenvalue weighted by Crippen LogP contribution is -2.34. The summed E-state index contributed by atoms with van der Waals surface area (Å²) in [5.41, 5.74) is 2.29. The molecule has 94 valence electrons. The maximum Gasteiger partial charge on any atom is 0.225 e. The topological polar surface area (TPSA) is 41.1 Å². The average molecular weight is 252 g/mol. The molecule has 5 heteroatoms. The third-order valence-electron chi connectivity index (χ3n) is 2.93. The van der Waals surface area contributed by atoms with Gasteiger partial charge in [0.2, 0.25) is 5.95 Å². The Morgan fingerprint density at radius 3 is 2.82 bits per heavy atom. The van der Waals surface area contributed by atoms with E-state index in [4.69, 9.17) is 0 Å². The van der Waals surface area contributed by atoms with Gasteiger partial charge in [-0.2, -0.15) is 11.8 Å². The van der Waals surface area contributed by atoms with Gasteiger partial charge in [-0.1, -0.05) is 6.92 Å². The fraction of sp³-hybridized carbons (Fsp3) is 0.667. The number of rotatable bonds is 4. The highest BCUT2D eigenvalue weighted by Gasteiger charge is 2.14.